The van der Waals surface area contributed by atoms with E-state index in [-0.39, 0.29) is 24.1 Å². The Balaban J connectivity index is 2.13. The Hall–Kier alpha value is -2.70. The van der Waals surface area contributed by atoms with E-state index >= 15 is 0 Å². The second-order valence-corrected chi connectivity index (χ2v) is 6.18. The van der Waals surface area contributed by atoms with E-state index in [4.69, 9.17) is 27.9 Å². The number of carbonyl (C=O) groups excluding carboxylic acids is 2. The molecule has 3 rings (SSSR count). The van der Waals surface area contributed by atoms with Gasteiger partial charge in [-0.3, -0.25) is 4.79 Å². The molecule has 0 bridgehead atoms. The number of ether oxygens (including phenoxy) is 1. The van der Waals surface area contributed by atoms with Crippen LogP contribution in [0.5, 0.6) is 0 Å². The molecule has 1 heterocycles. The molecule has 0 spiro atoms. The second kappa shape index (κ2) is 8.33. The Morgan fingerprint density at radius 1 is 1.15 bits per heavy atom. The van der Waals surface area contributed by atoms with Crippen molar-refractivity contribution in [1.82, 2.24) is 14.8 Å². The molecule has 0 atom stereocenters. The molecule has 0 unspecified atom stereocenters. The molecule has 0 saturated heterocycles. The monoisotopic (exact) mass is 403 g/mol. The fraction of sp³-hybridized carbons (Fsp3) is 0.158. The summed E-state index contributed by atoms with van der Waals surface area (Å²) in [5.74, 6) is -0.715. The van der Waals surface area contributed by atoms with Crippen molar-refractivity contribution in [3.63, 3.8) is 0 Å². The Morgan fingerprint density at radius 2 is 1.89 bits per heavy atom. The molecule has 3 aromatic rings. The SMILES string of the molecule is CCOC(=O)c1nc(CCl)n(-c2ccc(Cl)cc2C(=O)c2ccccc2)n1. The number of rotatable bonds is 6. The molecular weight excluding hydrogens is 389 g/mol. The predicted molar refractivity (Wildman–Crippen MR) is 102 cm³/mol. The van der Waals surface area contributed by atoms with Crippen LogP contribution in [0.2, 0.25) is 5.02 Å². The highest BCUT2D eigenvalue weighted by atomic mass is 35.5. The van der Waals surface area contributed by atoms with Crippen molar-refractivity contribution in [3.05, 3.63) is 76.3 Å². The van der Waals surface area contributed by atoms with E-state index in [0.717, 1.165) is 0 Å². The summed E-state index contributed by atoms with van der Waals surface area (Å²) >= 11 is 12.1. The van der Waals surface area contributed by atoms with E-state index in [1.54, 1.807) is 49.4 Å². The van der Waals surface area contributed by atoms with Gasteiger partial charge in [-0.25, -0.2) is 14.5 Å². The lowest BCUT2D eigenvalue weighted by Gasteiger charge is -2.11. The molecule has 27 heavy (non-hydrogen) atoms. The summed E-state index contributed by atoms with van der Waals surface area (Å²) in [6.45, 7) is 1.88. The van der Waals surface area contributed by atoms with Crippen molar-refractivity contribution in [2.75, 3.05) is 6.61 Å². The summed E-state index contributed by atoms with van der Waals surface area (Å²) < 4.78 is 6.30. The summed E-state index contributed by atoms with van der Waals surface area (Å²) in [6.07, 6.45) is 0. The van der Waals surface area contributed by atoms with Gasteiger partial charge < -0.3 is 4.74 Å². The molecule has 0 aliphatic rings. The zero-order valence-electron chi connectivity index (χ0n) is 14.4. The summed E-state index contributed by atoms with van der Waals surface area (Å²) in [5.41, 5.74) is 1.24. The predicted octanol–water partition coefficient (Wildman–Crippen LogP) is 4.07. The molecule has 138 valence electrons. The number of alkyl halides is 1. The van der Waals surface area contributed by atoms with Crippen molar-refractivity contribution in [3.8, 4) is 5.69 Å². The fourth-order valence-electron chi connectivity index (χ4n) is 2.53. The third kappa shape index (κ3) is 4.02. The number of carbonyl (C=O) groups is 2. The van der Waals surface area contributed by atoms with Crippen LogP contribution in [0.3, 0.4) is 0 Å². The number of halogens is 2. The van der Waals surface area contributed by atoms with Crippen LogP contribution in [0.15, 0.2) is 48.5 Å². The second-order valence-electron chi connectivity index (χ2n) is 5.47. The molecule has 0 amide bonds. The lowest BCUT2D eigenvalue weighted by atomic mass is 10.0. The van der Waals surface area contributed by atoms with Gasteiger partial charge in [0.2, 0.25) is 0 Å². The molecule has 0 radical (unpaired) electrons. The maximum absolute atomic E-state index is 13.0. The first kappa shape index (κ1) is 19.1. The van der Waals surface area contributed by atoms with Gasteiger partial charge >= 0.3 is 5.97 Å². The van der Waals surface area contributed by atoms with Gasteiger partial charge in [0.05, 0.1) is 18.2 Å². The number of nitrogens with zero attached hydrogens (tertiary/aromatic N) is 3. The number of benzene rings is 2. The smallest absolute Gasteiger partial charge is 0.378 e. The van der Waals surface area contributed by atoms with E-state index in [1.807, 2.05) is 6.07 Å². The average molecular weight is 404 g/mol. The van der Waals surface area contributed by atoms with Crippen LogP contribution >= 0.6 is 23.2 Å². The van der Waals surface area contributed by atoms with Crippen molar-refractivity contribution in [1.29, 1.82) is 0 Å². The van der Waals surface area contributed by atoms with E-state index in [9.17, 15) is 9.59 Å². The van der Waals surface area contributed by atoms with Crippen LogP contribution in [-0.2, 0) is 10.6 Å². The van der Waals surface area contributed by atoms with Gasteiger partial charge in [-0.15, -0.1) is 16.7 Å². The summed E-state index contributed by atoms with van der Waals surface area (Å²) in [7, 11) is 0. The minimum atomic E-state index is -0.660. The largest absolute Gasteiger partial charge is 0.460 e. The minimum Gasteiger partial charge on any atom is -0.460 e. The molecule has 1 aromatic heterocycles. The lowest BCUT2D eigenvalue weighted by molar-refractivity contribution is 0.0512. The number of ketones is 1. The van der Waals surface area contributed by atoms with Crippen molar-refractivity contribution in [2.45, 2.75) is 12.8 Å². The number of esters is 1. The van der Waals surface area contributed by atoms with Crippen LogP contribution < -0.4 is 0 Å². The molecule has 0 saturated carbocycles. The van der Waals surface area contributed by atoms with E-state index in [0.29, 0.717) is 27.7 Å². The Labute approximate surface area is 165 Å². The van der Waals surface area contributed by atoms with E-state index < -0.39 is 5.97 Å². The molecule has 0 aliphatic carbocycles. The summed E-state index contributed by atoms with van der Waals surface area (Å²) in [4.78, 5) is 29.1. The number of hydrogen-bond donors (Lipinski definition) is 0. The summed E-state index contributed by atoms with van der Waals surface area (Å²) in [6, 6.07) is 13.6. The molecule has 2 aromatic carbocycles. The minimum absolute atomic E-state index is 0.00595. The van der Waals surface area contributed by atoms with Crippen molar-refractivity contribution in [2.24, 2.45) is 0 Å². The van der Waals surface area contributed by atoms with Crippen LogP contribution in [0.25, 0.3) is 5.69 Å². The van der Waals surface area contributed by atoms with E-state index in [1.165, 1.54) is 4.68 Å². The Bertz CT molecular complexity index is 987. The molecule has 0 aliphatic heterocycles. The molecule has 0 fully saturated rings. The van der Waals surface area contributed by atoms with Gasteiger partial charge in [0.25, 0.3) is 5.82 Å². The van der Waals surface area contributed by atoms with Crippen LogP contribution in [0, 0.1) is 0 Å². The van der Waals surface area contributed by atoms with Gasteiger partial charge in [0.15, 0.2) is 5.78 Å². The van der Waals surface area contributed by atoms with Crippen LogP contribution in [0.4, 0.5) is 0 Å². The zero-order chi connectivity index (χ0) is 19.4. The van der Waals surface area contributed by atoms with Gasteiger partial charge in [-0.2, -0.15) is 0 Å². The first-order valence-corrected chi connectivity index (χ1v) is 9.05. The topological polar surface area (TPSA) is 74.1 Å². The van der Waals surface area contributed by atoms with Crippen molar-refractivity contribution >= 4 is 35.0 Å². The van der Waals surface area contributed by atoms with Gasteiger partial charge in [-0.1, -0.05) is 41.9 Å². The lowest BCUT2D eigenvalue weighted by Crippen LogP contribution is -2.11. The Kier molecular flexibility index (Phi) is 5.88. The maximum atomic E-state index is 13.0. The maximum Gasteiger partial charge on any atom is 0.378 e. The number of aromatic nitrogens is 3. The molecule has 0 N–H and O–H groups in total. The standard InChI is InChI=1S/C19H15Cl2N3O3/c1-2-27-19(26)18-22-16(11-20)24(23-18)15-9-8-13(21)10-14(15)17(25)12-6-4-3-5-7-12/h3-10H,2,11H2,1H3. The van der Waals surface area contributed by atoms with Crippen LogP contribution in [0.1, 0.15) is 39.3 Å². The quantitative estimate of drug-likeness (QED) is 0.352. The highest BCUT2D eigenvalue weighted by molar-refractivity contribution is 6.31. The third-order valence-corrected chi connectivity index (χ3v) is 4.19. The highest BCUT2D eigenvalue weighted by Crippen LogP contribution is 2.24. The first-order chi connectivity index (χ1) is 13.0. The normalized spacial score (nSPS) is 10.6. The number of hydrogen-bond acceptors (Lipinski definition) is 5. The third-order valence-electron chi connectivity index (χ3n) is 3.72. The fourth-order valence-corrected chi connectivity index (χ4v) is 2.87. The first-order valence-electron chi connectivity index (χ1n) is 8.13. The highest BCUT2D eigenvalue weighted by Gasteiger charge is 2.22. The van der Waals surface area contributed by atoms with E-state index in [2.05, 4.69) is 10.1 Å². The Morgan fingerprint density at radius 3 is 2.56 bits per heavy atom. The zero-order valence-corrected chi connectivity index (χ0v) is 15.9. The van der Waals surface area contributed by atoms with Gasteiger partial charge in [0, 0.05) is 16.1 Å². The van der Waals surface area contributed by atoms with Crippen molar-refractivity contribution < 1.29 is 14.3 Å². The molecule has 8 heteroatoms. The van der Waals surface area contributed by atoms with Gasteiger partial charge in [0.1, 0.15) is 5.82 Å². The average Bonchev–Trinajstić information content (AvgIpc) is 3.12. The van der Waals surface area contributed by atoms with Crippen LogP contribution in [-0.4, -0.2) is 33.1 Å². The molecule has 6 nitrogen and oxygen atoms in total. The molecular formula is C19H15Cl2N3O3. The summed E-state index contributed by atoms with van der Waals surface area (Å²) in [5, 5.41) is 4.59. The van der Waals surface area contributed by atoms with Gasteiger partial charge in [-0.05, 0) is 25.1 Å².